The number of carbonyl (C=O) groups is 3. The lowest BCUT2D eigenvalue weighted by molar-refractivity contribution is -0.149. The molecule has 0 aromatic rings. The third-order valence-corrected chi connectivity index (χ3v) is 5.02. The molecule has 1 fully saturated rings. The first-order valence-corrected chi connectivity index (χ1v) is 12.5. The minimum atomic E-state index is -1.13. The molecule has 0 aromatic carbocycles. The summed E-state index contributed by atoms with van der Waals surface area (Å²) in [5.41, 5.74) is -1.01. The van der Waals surface area contributed by atoms with Crippen molar-refractivity contribution in [3.8, 4) is 0 Å². The highest BCUT2D eigenvalue weighted by Crippen LogP contribution is 2.22. The summed E-state index contributed by atoms with van der Waals surface area (Å²) in [5, 5.41) is 30.3. The molecule has 1 aliphatic heterocycles. The lowest BCUT2D eigenvalue weighted by Crippen LogP contribution is -2.44. The molecule has 4 unspecified atom stereocenters. The van der Waals surface area contributed by atoms with Crippen LogP contribution in [0.15, 0.2) is 38.0 Å². The fraction of sp³-hybridized carbons (Fsp3) is 0.654. The fourth-order valence-electron chi connectivity index (χ4n) is 2.91. The van der Waals surface area contributed by atoms with E-state index in [1.54, 1.807) is 0 Å². The minimum Gasteiger partial charge on any atom is -0.460 e. The van der Waals surface area contributed by atoms with Gasteiger partial charge in [-0.1, -0.05) is 19.7 Å². The van der Waals surface area contributed by atoms with Crippen LogP contribution in [0.5, 0.6) is 0 Å². The molecule has 1 heterocycles. The molecule has 14 nitrogen and oxygen atoms in total. The van der Waals surface area contributed by atoms with Crippen molar-refractivity contribution in [3.05, 3.63) is 38.0 Å². The van der Waals surface area contributed by atoms with Gasteiger partial charge in [-0.05, 0) is 0 Å². The van der Waals surface area contributed by atoms with Crippen molar-refractivity contribution >= 4 is 17.9 Å². The number of carbonyl (C=O) groups excluding carboxylic acids is 3. The van der Waals surface area contributed by atoms with Crippen LogP contribution >= 0.6 is 0 Å². The number of hydrogen-bond donors (Lipinski definition) is 3. The molecule has 0 spiro atoms. The molecule has 0 amide bonds. The van der Waals surface area contributed by atoms with Crippen LogP contribution in [0.25, 0.3) is 0 Å². The molecule has 3 N–H and O–H groups in total. The molecule has 0 radical (unpaired) electrons. The van der Waals surface area contributed by atoms with E-state index in [0.29, 0.717) is 13.2 Å². The number of ether oxygens (including phenoxy) is 8. The van der Waals surface area contributed by atoms with Crippen LogP contribution in [0.1, 0.15) is 0 Å². The first-order valence-electron chi connectivity index (χ1n) is 12.5. The summed E-state index contributed by atoms with van der Waals surface area (Å²) in [5.74, 6) is -2.08. The van der Waals surface area contributed by atoms with Crippen molar-refractivity contribution in [1.29, 1.82) is 0 Å². The summed E-state index contributed by atoms with van der Waals surface area (Å²) < 4.78 is 42.4. The number of esters is 3. The Labute approximate surface area is 233 Å². The highest BCUT2D eigenvalue weighted by atomic mass is 16.6. The monoisotopic (exact) mass is 576 g/mol. The zero-order valence-corrected chi connectivity index (χ0v) is 22.5. The first kappa shape index (κ1) is 35.3. The second-order valence-corrected chi connectivity index (χ2v) is 8.98. The van der Waals surface area contributed by atoms with E-state index in [1.807, 2.05) is 0 Å². The van der Waals surface area contributed by atoms with Crippen LogP contribution in [0.2, 0.25) is 0 Å². The van der Waals surface area contributed by atoms with Crippen molar-refractivity contribution < 1.29 is 67.6 Å². The zero-order chi connectivity index (χ0) is 29.8. The van der Waals surface area contributed by atoms with Gasteiger partial charge < -0.3 is 53.2 Å². The van der Waals surface area contributed by atoms with Gasteiger partial charge in [-0.15, -0.1) is 0 Å². The Bertz CT molecular complexity index is 708. The Morgan fingerprint density at radius 3 is 1.30 bits per heavy atom. The van der Waals surface area contributed by atoms with E-state index in [4.69, 9.17) is 37.9 Å². The summed E-state index contributed by atoms with van der Waals surface area (Å²) in [7, 11) is 0. The van der Waals surface area contributed by atoms with Crippen LogP contribution < -0.4 is 0 Å². The molecule has 1 aliphatic rings. The number of epoxide rings is 1. The molecule has 0 saturated carbocycles. The molecule has 1 saturated heterocycles. The van der Waals surface area contributed by atoms with E-state index in [-0.39, 0.29) is 72.2 Å². The SMILES string of the molecule is C=CC(=O)OCC(O)COCC(COCC(O)COC(=O)C=C)(COCC(O)COC(=O)C=C)COCC1CO1. The number of aliphatic hydroxyl groups is 3. The maximum atomic E-state index is 11.2. The van der Waals surface area contributed by atoms with Gasteiger partial charge in [-0.3, -0.25) is 0 Å². The Morgan fingerprint density at radius 1 is 0.675 bits per heavy atom. The Balaban J connectivity index is 2.79. The van der Waals surface area contributed by atoms with Gasteiger partial charge in [-0.25, -0.2) is 14.4 Å². The average Bonchev–Trinajstić information content (AvgIpc) is 3.77. The van der Waals surface area contributed by atoms with Gasteiger partial charge in [0.05, 0.1) is 64.9 Å². The number of aliphatic hydroxyl groups excluding tert-OH is 3. The quantitative estimate of drug-likeness (QED) is 0.0504. The Hall–Kier alpha value is -2.69. The third-order valence-electron chi connectivity index (χ3n) is 5.02. The predicted octanol–water partition coefficient (Wildman–Crippen LogP) is -1.29. The van der Waals surface area contributed by atoms with Crippen molar-refractivity contribution in [2.75, 3.05) is 79.3 Å². The van der Waals surface area contributed by atoms with E-state index in [0.717, 1.165) is 18.2 Å². The van der Waals surface area contributed by atoms with Gasteiger partial charge in [0, 0.05) is 18.2 Å². The Morgan fingerprint density at radius 2 is 1.00 bits per heavy atom. The highest BCUT2D eigenvalue weighted by molar-refractivity contribution is 5.81. The van der Waals surface area contributed by atoms with Gasteiger partial charge in [0.1, 0.15) is 44.2 Å². The molecule has 0 aromatic heterocycles. The van der Waals surface area contributed by atoms with E-state index >= 15 is 0 Å². The van der Waals surface area contributed by atoms with Gasteiger partial charge in [0.15, 0.2) is 0 Å². The Kier molecular flexibility index (Phi) is 17.9. The van der Waals surface area contributed by atoms with Crippen LogP contribution in [0, 0.1) is 5.41 Å². The summed E-state index contributed by atoms with van der Waals surface area (Å²) >= 11 is 0. The second-order valence-electron chi connectivity index (χ2n) is 8.98. The van der Waals surface area contributed by atoms with Crippen molar-refractivity contribution in [2.24, 2.45) is 5.41 Å². The van der Waals surface area contributed by atoms with E-state index < -0.39 is 41.6 Å². The number of rotatable bonds is 25. The molecule has 0 aliphatic carbocycles. The topological polar surface area (TPSA) is 189 Å². The van der Waals surface area contributed by atoms with Crippen molar-refractivity contribution in [1.82, 2.24) is 0 Å². The average molecular weight is 577 g/mol. The third kappa shape index (κ3) is 17.1. The fourth-order valence-corrected chi connectivity index (χ4v) is 2.91. The number of hydrogen-bond acceptors (Lipinski definition) is 14. The van der Waals surface area contributed by atoms with Crippen molar-refractivity contribution in [2.45, 2.75) is 24.4 Å². The summed E-state index contributed by atoms with van der Waals surface area (Å²) in [4.78, 5) is 33.7. The predicted molar refractivity (Wildman–Crippen MR) is 137 cm³/mol. The lowest BCUT2D eigenvalue weighted by atomic mass is 9.92. The highest BCUT2D eigenvalue weighted by Gasteiger charge is 2.35. The molecule has 14 heteroatoms. The van der Waals surface area contributed by atoms with E-state index in [9.17, 15) is 29.7 Å². The van der Waals surface area contributed by atoms with Crippen LogP contribution in [-0.4, -0.2) is 137 Å². The molecule has 40 heavy (non-hydrogen) atoms. The molecule has 228 valence electrons. The molecular weight excluding hydrogens is 536 g/mol. The molecule has 4 atom stereocenters. The normalized spacial score (nSPS) is 17.9. The maximum absolute atomic E-state index is 11.2. The lowest BCUT2D eigenvalue weighted by Gasteiger charge is -2.33. The summed E-state index contributed by atoms with van der Waals surface area (Å²) in [6.07, 6.45) is -0.537. The van der Waals surface area contributed by atoms with Crippen LogP contribution in [0.3, 0.4) is 0 Å². The van der Waals surface area contributed by atoms with Crippen LogP contribution in [-0.2, 0) is 52.3 Å². The molecule has 0 bridgehead atoms. The van der Waals surface area contributed by atoms with E-state index in [2.05, 4.69) is 19.7 Å². The zero-order valence-electron chi connectivity index (χ0n) is 22.5. The van der Waals surface area contributed by atoms with Crippen LogP contribution in [0.4, 0.5) is 0 Å². The van der Waals surface area contributed by atoms with Gasteiger partial charge in [0.25, 0.3) is 0 Å². The maximum Gasteiger partial charge on any atom is 0.330 e. The minimum absolute atomic E-state index is 0.0374. The van der Waals surface area contributed by atoms with Crippen molar-refractivity contribution in [3.63, 3.8) is 0 Å². The largest absolute Gasteiger partial charge is 0.460 e. The second kappa shape index (κ2) is 20.2. The van der Waals surface area contributed by atoms with Gasteiger partial charge in [0.2, 0.25) is 0 Å². The van der Waals surface area contributed by atoms with Gasteiger partial charge in [-0.2, -0.15) is 0 Å². The first-order chi connectivity index (χ1) is 19.1. The standard InChI is InChI=1S/C26H40O14/c1-4-23(30)38-10-19(27)7-33-15-26(18-36-13-22-14-37-22,16-34-8-20(28)11-39-24(31)5-2)17-35-9-21(29)12-40-25(32)6-3/h4-6,19-22,27-29H,1-3,7-18H2. The molecule has 1 rings (SSSR count). The smallest absolute Gasteiger partial charge is 0.330 e. The molecular formula is C26H40O14. The van der Waals surface area contributed by atoms with Gasteiger partial charge >= 0.3 is 17.9 Å². The summed E-state index contributed by atoms with van der Waals surface area (Å²) in [6, 6.07) is 0. The summed E-state index contributed by atoms with van der Waals surface area (Å²) in [6.45, 7) is 8.93. The van der Waals surface area contributed by atoms with E-state index in [1.165, 1.54) is 0 Å².